The molecule has 0 spiro atoms. The average Bonchev–Trinajstić information content (AvgIpc) is 3.45. The van der Waals surface area contributed by atoms with Crippen LogP contribution < -0.4 is 0 Å². The van der Waals surface area contributed by atoms with E-state index in [1.807, 2.05) is 49.5 Å². The molecule has 0 bridgehead atoms. The molecule has 0 radical (unpaired) electrons. The number of benzene rings is 2. The van der Waals surface area contributed by atoms with Gasteiger partial charge in [-0.25, -0.2) is 8.42 Å². The van der Waals surface area contributed by atoms with Crippen LogP contribution >= 0.6 is 0 Å². The zero-order valence-corrected chi connectivity index (χ0v) is 19.4. The predicted octanol–water partition coefficient (Wildman–Crippen LogP) is 3.84. The summed E-state index contributed by atoms with van der Waals surface area (Å²) < 4.78 is 35.9. The summed E-state index contributed by atoms with van der Waals surface area (Å²) in [7, 11) is -1.78. The topological polar surface area (TPSA) is 94.1 Å². The Labute approximate surface area is 192 Å². The number of hydrogen-bond donors (Lipinski definition) is 0. The molecule has 1 aliphatic rings. The average molecular weight is 464 g/mol. The van der Waals surface area contributed by atoms with Gasteiger partial charge in [-0.1, -0.05) is 43.7 Å². The number of aromatic nitrogens is 4. The second-order valence-corrected chi connectivity index (χ2v) is 10.1. The first kappa shape index (κ1) is 21.5. The van der Waals surface area contributed by atoms with Gasteiger partial charge in [-0.3, -0.25) is 4.68 Å². The SMILES string of the molecule is CCCc1ccc(S(=O)(=O)N2CCc3c(c(-c4nnc(-c5ccccc5)o4)nn3C)C2)cc1. The van der Waals surface area contributed by atoms with E-state index >= 15 is 0 Å². The van der Waals surface area contributed by atoms with Gasteiger partial charge < -0.3 is 4.42 Å². The highest BCUT2D eigenvalue weighted by molar-refractivity contribution is 7.89. The van der Waals surface area contributed by atoms with E-state index < -0.39 is 10.0 Å². The Morgan fingerprint density at radius 1 is 1.00 bits per heavy atom. The molecule has 0 saturated carbocycles. The monoisotopic (exact) mass is 463 g/mol. The van der Waals surface area contributed by atoms with E-state index in [0.717, 1.165) is 35.2 Å². The van der Waals surface area contributed by atoms with Crippen molar-refractivity contribution in [3.63, 3.8) is 0 Å². The fraction of sp³-hybridized carbons (Fsp3) is 0.292. The predicted molar refractivity (Wildman–Crippen MR) is 124 cm³/mol. The maximum atomic E-state index is 13.4. The Balaban J connectivity index is 1.45. The first-order valence-electron chi connectivity index (χ1n) is 11.0. The molecule has 5 rings (SSSR count). The van der Waals surface area contributed by atoms with Crippen molar-refractivity contribution in [3.05, 3.63) is 71.4 Å². The van der Waals surface area contributed by atoms with Crippen molar-refractivity contribution < 1.29 is 12.8 Å². The van der Waals surface area contributed by atoms with Crippen molar-refractivity contribution in [3.8, 4) is 23.0 Å². The van der Waals surface area contributed by atoms with Crippen molar-refractivity contribution in [1.29, 1.82) is 0 Å². The van der Waals surface area contributed by atoms with Gasteiger partial charge in [0, 0.05) is 43.4 Å². The molecule has 0 aliphatic carbocycles. The zero-order valence-electron chi connectivity index (χ0n) is 18.6. The molecular formula is C24H25N5O3S. The number of rotatable bonds is 6. The fourth-order valence-corrected chi connectivity index (χ4v) is 5.64. The minimum absolute atomic E-state index is 0.209. The molecule has 170 valence electrons. The molecule has 0 atom stereocenters. The van der Waals surface area contributed by atoms with Crippen LogP contribution in [0.5, 0.6) is 0 Å². The van der Waals surface area contributed by atoms with E-state index in [9.17, 15) is 8.42 Å². The molecule has 8 nitrogen and oxygen atoms in total. The van der Waals surface area contributed by atoms with Gasteiger partial charge in [0.25, 0.3) is 5.89 Å². The number of nitrogens with zero attached hydrogens (tertiary/aromatic N) is 5. The van der Waals surface area contributed by atoms with Crippen LogP contribution in [-0.2, 0) is 36.5 Å². The maximum Gasteiger partial charge on any atom is 0.268 e. The van der Waals surface area contributed by atoms with Crippen LogP contribution in [0.1, 0.15) is 30.2 Å². The highest BCUT2D eigenvalue weighted by atomic mass is 32.2. The molecule has 33 heavy (non-hydrogen) atoms. The van der Waals surface area contributed by atoms with E-state index in [-0.39, 0.29) is 12.4 Å². The number of hydrogen-bond acceptors (Lipinski definition) is 6. The van der Waals surface area contributed by atoms with E-state index in [4.69, 9.17) is 4.42 Å². The lowest BCUT2D eigenvalue weighted by molar-refractivity contribution is 0.386. The summed E-state index contributed by atoms with van der Waals surface area (Å²) in [5.74, 6) is 0.686. The molecule has 4 aromatic rings. The molecule has 0 fully saturated rings. The normalized spacial score (nSPS) is 14.4. The van der Waals surface area contributed by atoms with Gasteiger partial charge in [-0.05, 0) is 36.2 Å². The first-order chi connectivity index (χ1) is 16.0. The Kier molecular flexibility index (Phi) is 5.59. The fourth-order valence-electron chi connectivity index (χ4n) is 4.23. The van der Waals surface area contributed by atoms with Crippen molar-refractivity contribution in [2.24, 2.45) is 7.05 Å². The molecule has 0 saturated heterocycles. The van der Waals surface area contributed by atoms with Crippen molar-refractivity contribution >= 4 is 10.0 Å². The van der Waals surface area contributed by atoms with E-state index in [1.54, 1.807) is 16.8 Å². The summed E-state index contributed by atoms with van der Waals surface area (Å²) in [6, 6.07) is 16.7. The van der Waals surface area contributed by atoms with Gasteiger partial charge in [-0.2, -0.15) is 9.40 Å². The summed E-state index contributed by atoms with van der Waals surface area (Å²) in [5, 5.41) is 12.9. The lowest BCUT2D eigenvalue weighted by atomic mass is 10.1. The zero-order chi connectivity index (χ0) is 23.0. The highest BCUT2D eigenvalue weighted by Crippen LogP contribution is 2.32. The molecule has 3 heterocycles. The Morgan fingerprint density at radius 3 is 2.45 bits per heavy atom. The summed E-state index contributed by atoms with van der Waals surface area (Å²) in [6.45, 7) is 2.71. The largest absolute Gasteiger partial charge is 0.415 e. The second kappa shape index (κ2) is 8.57. The van der Waals surface area contributed by atoms with Crippen LogP contribution in [0.25, 0.3) is 23.0 Å². The van der Waals surface area contributed by atoms with Crippen LogP contribution in [-0.4, -0.2) is 39.2 Å². The van der Waals surface area contributed by atoms with Crippen molar-refractivity contribution in [1.82, 2.24) is 24.3 Å². The lowest BCUT2D eigenvalue weighted by Crippen LogP contribution is -2.36. The first-order valence-corrected chi connectivity index (χ1v) is 12.4. The molecule has 2 aromatic heterocycles. The van der Waals surface area contributed by atoms with Gasteiger partial charge in [0.05, 0.1) is 4.90 Å². The van der Waals surface area contributed by atoms with Crippen LogP contribution in [0.2, 0.25) is 0 Å². The minimum atomic E-state index is -3.63. The number of sulfonamides is 1. The minimum Gasteiger partial charge on any atom is -0.415 e. The molecule has 0 amide bonds. The third-order valence-corrected chi connectivity index (χ3v) is 7.81. The van der Waals surface area contributed by atoms with Gasteiger partial charge in [0.2, 0.25) is 15.9 Å². The molecule has 0 N–H and O–H groups in total. The molecular weight excluding hydrogens is 438 g/mol. The quantitative estimate of drug-likeness (QED) is 0.431. The van der Waals surface area contributed by atoms with Crippen LogP contribution in [0.15, 0.2) is 63.9 Å². The van der Waals surface area contributed by atoms with Gasteiger partial charge in [0.15, 0.2) is 5.69 Å². The van der Waals surface area contributed by atoms with Gasteiger partial charge in [-0.15, -0.1) is 10.2 Å². The molecule has 0 unspecified atom stereocenters. The second-order valence-electron chi connectivity index (χ2n) is 8.16. The molecule has 2 aromatic carbocycles. The summed E-state index contributed by atoms with van der Waals surface area (Å²) >= 11 is 0. The third-order valence-electron chi connectivity index (χ3n) is 5.96. The van der Waals surface area contributed by atoms with Gasteiger partial charge in [0.1, 0.15) is 0 Å². The Bertz CT molecular complexity index is 1380. The molecule has 1 aliphatic heterocycles. The third kappa shape index (κ3) is 3.98. The lowest BCUT2D eigenvalue weighted by Gasteiger charge is -2.26. The van der Waals surface area contributed by atoms with E-state index in [1.165, 1.54) is 4.31 Å². The van der Waals surface area contributed by atoms with E-state index in [0.29, 0.717) is 29.4 Å². The summed E-state index contributed by atoms with van der Waals surface area (Å²) in [6.07, 6.45) is 2.51. The van der Waals surface area contributed by atoms with Crippen LogP contribution in [0.4, 0.5) is 0 Å². The van der Waals surface area contributed by atoms with Crippen LogP contribution in [0.3, 0.4) is 0 Å². The van der Waals surface area contributed by atoms with Crippen molar-refractivity contribution in [2.75, 3.05) is 6.54 Å². The van der Waals surface area contributed by atoms with Gasteiger partial charge >= 0.3 is 0 Å². The standard InChI is InChI=1S/C24H25N5O3S/c1-3-7-17-10-12-19(13-11-17)33(30,31)29-15-14-21-20(16-29)22(27-28(21)2)24-26-25-23(32-24)18-8-5-4-6-9-18/h4-6,8-13H,3,7,14-16H2,1-2H3. The maximum absolute atomic E-state index is 13.4. The Morgan fingerprint density at radius 2 is 1.73 bits per heavy atom. The highest BCUT2D eigenvalue weighted by Gasteiger charge is 2.33. The number of aryl methyl sites for hydroxylation is 2. The molecule has 9 heteroatoms. The summed E-state index contributed by atoms with van der Waals surface area (Å²) in [4.78, 5) is 0.306. The summed E-state index contributed by atoms with van der Waals surface area (Å²) in [5.41, 5.74) is 4.27. The van der Waals surface area contributed by atoms with Crippen molar-refractivity contribution in [2.45, 2.75) is 37.6 Å². The number of fused-ring (bicyclic) bond motifs is 1. The Hall–Kier alpha value is -3.30. The van der Waals surface area contributed by atoms with Crippen LogP contribution in [0, 0.1) is 0 Å². The smallest absolute Gasteiger partial charge is 0.268 e. The van der Waals surface area contributed by atoms with E-state index in [2.05, 4.69) is 22.2 Å².